The monoisotopic (exact) mass is 794 g/mol. The number of carbonyl (C=O) groups is 9. The molecule has 1 aliphatic heterocycles. The van der Waals surface area contributed by atoms with Gasteiger partial charge in [-0.1, -0.05) is 71.1 Å². The number of aldehydes is 1. The number of rotatable bonds is 29. The topological polar surface area (TPSA) is 267 Å². The minimum atomic E-state index is -1.38. The average Bonchev–Trinajstić information content (AvgIpc) is 3.66. The average molecular weight is 795 g/mol. The fourth-order valence-electron chi connectivity index (χ4n) is 6.39. The second-order valence-electron chi connectivity index (χ2n) is 14.4. The van der Waals surface area contributed by atoms with Crippen molar-refractivity contribution in [3.63, 3.8) is 0 Å². The number of primary amides is 1. The molecule has 1 fully saturated rings. The molecule has 1 saturated heterocycles. The Labute approximate surface area is 330 Å². The molecular weight excluding hydrogens is 728 g/mol. The van der Waals surface area contributed by atoms with Gasteiger partial charge in [0.25, 0.3) is 0 Å². The van der Waals surface area contributed by atoms with Crippen LogP contribution in [-0.2, 0) is 43.2 Å². The highest BCUT2D eigenvalue weighted by molar-refractivity contribution is 5.97. The fourth-order valence-corrected chi connectivity index (χ4v) is 6.39. The molecule has 1 rings (SSSR count). The Hall–Kier alpha value is -4.61. The van der Waals surface area contributed by atoms with E-state index in [1.54, 1.807) is 0 Å². The van der Waals surface area contributed by atoms with Crippen molar-refractivity contribution in [3.05, 3.63) is 0 Å². The van der Waals surface area contributed by atoms with Gasteiger partial charge in [0.05, 0.1) is 19.5 Å². The molecule has 318 valence electrons. The summed E-state index contributed by atoms with van der Waals surface area (Å²) in [4.78, 5) is 115. The minimum absolute atomic E-state index is 0.0253. The van der Waals surface area contributed by atoms with Gasteiger partial charge in [0.2, 0.25) is 47.3 Å². The van der Waals surface area contributed by atoms with Crippen molar-refractivity contribution >= 4 is 53.5 Å². The van der Waals surface area contributed by atoms with Crippen LogP contribution in [0.3, 0.4) is 0 Å². The highest BCUT2D eigenvalue weighted by Gasteiger charge is 2.36. The summed E-state index contributed by atoms with van der Waals surface area (Å²) in [5.41, 5.74) is 5.17. The number of amides is 8. The maximum Gasteiger partial charge on any atom is 0.243 e. The molecule has 8 N–H and O–H groups in total. The Balaban J connectivity index is 2.60. The van der Waals surface area contributed by atoms with E-state index in [9.17, 15) is 48.3 Å². The molecule has 0 aromatic rings. The van der Waals surface area contributed by atoms with Crippen LogP contribution in [0.15, 0.2) is 0 Å². The lowest BCUT2D eigenvalue weighted by Gasteiger charge is -2.28. The van der Waals surface area contributed by atoms with E-state index in [4.69, 9.17) is 5.73 Å². The van der Waals surface area contributed by atoms with Gasteiger partial charge in [-0.2, -0.15) is 0 Å². The van der Waals surface area contributed by atoms with E-state index in [1.165, 1.54) is 75.6 Å². The molecule has 1 heterocycles. The maximum absolute atomic E-state index is 13.1. The Bertz CT molecular complexity index is 1310. The first-order chi connectivity index (χ1) is 26.7. The Morgan fingerprint density at radius 3 is 1.96 bits per heavy atom. The molecule has 5 atom stereocenters. The summed E-state index contributed by atoms with van der Waals surface area (Å²) in [7, 11) is 1.50. The van der Waals surface area contributed by atoms with E-state index < -0.39 is 84.5 Å². The molecule has 0 aliphatic carbocycles. The van der Waals surface area contributed by atoms with Crippen LogP contribution in [0.4, 0.5) is 0 Å². The smallest absolute Gasteiger partial charge is 0.243 e. The molecule has 8 amide bonds. The molecule has 56 heavy (non-hydrogen) atoms. The second-order valence-corrected chi connectivity index (χ2v) is 14.4. The van der Waals surface area contributed by atoms with Crippen LogP contribution < -0.4 is 32.3 Å². The van der Waals surface area contributed by atoms with Crippen LogP contribution in [0, 0.1) is 0 Å². The van der Waals surface area contributed by atoms with Gasteiger partial charge < -0.3 is 52.0 Å². The van der Waals surface area contributed by atoms with Crippen molar-refractivity contribution in [2.24, 2.45) is 5.73 Å². The van der Waals surface area contributed by atoms with Crippen LogP contribution in [0.2, 0.25) is 0 Å². The lowest BCUT2D eigenvalue weighted by molar-refractivity contribution is -0.141. The van der Waals surface area contributed by atoms with Crippen molar-refractivity contribution in [2.45, 2.75) is 154 Å². The Morgan fingerprint density at radius 2 is 1.39 bits per heavy atom. The Kier molecular flexibility index (Phi) is 24.6. The summed E-state index contributed by atoms with van der Waals surface area (Å²) in [6.07, 6.45) is 13.4. The highest BCUT2D eigenvalue weighted by atomic mass is 16.3. The number of aliphatic hydroxyl groups excluding tert-OH is 1. The van der Waals surface area contributed by atoms with Crippen molar-refractivity contribution in [2.75, 3.05) is 33.3 Å². The standard InChI is InChI=1S/C38H66N8O10/c1-5-6-7-8-9-10-11-12-13-14-15-18-32(50)45(4)29(19-22-47)37(55)42-26(2)34(52)41-25-33(51)46-21-16-17-30(46)38(56)43-27(3)35(53)44-28(24-31(39)49)36(54)40-20-23-48/h23,26-30,47H,5-22,24-25H2,1-4H3,(H2,39,49)(H,40,54)(H,41,52)(H,42,55)(H,43,56)(H,44,53)/t26-,27+,28+,29-,30+/m1/s1. The summed E-state index contributed by atoms with van der Waals surface area (Å²) in [6, 6.07) is -5.62. The van der Waals surface area contributed by atoms with Gasteiger partial charge in [-0.15, -0.1) is 0 Å². The van der Waals surface area contributed by atoms with Gasteiger partial charge in [-0.3, -0.25) is 38.4 Å². The van der Waals surface area contributed by atoms with Crippen LogP contribution >= 0.6 is 0 Å². The molecule has 18 heteroatoms. The third kappa shape index (κ3) is 18.8. The lowest BCUT2D eigenvalue weighted by atomic mass is 10.0. The number of carbonyl (C=O) groups excluding carboxylic acids is 9. The van der Waals surface area contributed by atoms with E-state index in [0.717, 1.165) is 19.3 Å². The third-order valence-electron chi connectivity index (χ3n) is 9.75. The van der Waals surface area contributed by atoms with E-state index in [1.807, 2.05) is 0 Å². The number of nitrogens with two attached hydrogens (primary N) is 1. The first kappa shape index (κ1) is 49.4. The van der Waals surface area contributed by atoms with Crippen LogP contribution in [-0.4, -0.2) is 132 Å². The van der Waals surface area contributed by atoms with E-state index in [0.29, 0.717) is 19.1 Å². The van der Waals surface area contributed by atoms with Gasteiger partial charge in [-0.25, -0.2) is 0 Å². The fraction of sp³-hybridized carbons (Fsp3) is 0.763. The summed E-state index contributed by atoms with van der Waals surface area (Å²) in [6.45, 7) is 3.98. The van der Waals surface area contributed by atoms with Crippen molar-refractivity contribution in [1.29, 1.82) is 0 Å². The van der Waals surface area contributed by atoms with Crippen LogP contribution in [0.5, 0.6) is 0 Å². The summed E-state index contributed by atoms with van der Waals surface area (Å²) in [5, 5.41) is 21.7. The molecule has 0 unspecified atom stereocenters. The molecule has 0 saturated carbocycles. The number of nitrogens with one attached hydrogen (secondary N) is 5. The number of hydrogen-bond donors (Lipinski definition) is 7. The van der Waals surface area contributed by atoms with Gasteiger partial charge >= 0.3 is 0 Å². The van der Waals surface area contributed by atoms with E-state index in [-0.39, 0.29) is 44.9 Å². The summed E-state index contributed by atoms with van der Waals surface area (Å²) < 4.78 is 0. The second kappa shape index (κ2) is 27.9. The number of aliphatic hydroxyl groups is 1. The van der Waals surface area contributed by atoms with Crippen molar-refractivity contribution in [3.8, 4) is 0 Å². The zero-order valence-corrected chi connectivity index (χ0v) is 33.7. The van der Waals surface area contributed by atoms with Crippen molar-refractivity contribution in [1.82, 2.24) is 36.4 Å². The highest BCUT2D eigenvalue weighted by Crippen LogP contribution is 2.18. The van der Waals surface area contributed by atoms with E-state index in [2.05, 4.69) is 33.5 Å². The number of hydrogen-bond acceptors (Lipinski definition) is 10. The van der Waals surface area contributed by atoms with Crippen molar-refractivity contribution < 1.29 is 48.3 Å². The number of nitrogens with zero attached hydrogens (tertiary/aromatic N) is 2. The lowest BCUT2D eigenvalue weighted by Crippen LogP contribution is -2.57. The predicted molar refractivity (Wildman–Crippen MR) is 207 cm³/mol. The van der Waals surface area contributed by atoms with Gasteiger partial charge in [-0.05, 0) is 39.5 Å². The molecule has 0 bridgehead atoms. The van der Waals surface area contributed by atoms with Gasteiger partial charge in [0, 0.05) is 26.6 Å². The minimum Gasteiger partial charge on any atom is -0.396 e. The molecule has 18 nitrogen and oxygen atoms in total. The van der Waals surface area contributed by atoms with Crippen LogP contribution in [0.1, 0.15) is 124 Å². The predicted octanol–water partition coefficient (Wildman–Crippen LogP) is -0.311. The van der Waals surface area contributed by atoms with Gasteiger partial charge in [0.15, 0.2) is 0 Å². The molecule has 0 aromatic heterocycles. The first-order valence-corrected chi connectivity index (χ1v) is 20.0. The summed E-state index contributed by atoms with van der Waals surface area (Å²) >= 11 is 0. The normalized spacial score (nSPS) is 15.7. The quantitative estimate of drug-likeness (QED) is 0.0384. The SMILES string of the molecule is CCCCCCCCCCCCCC(=O)N(C)[C@H](CCO)C(=O)N[C@H](C)C(=O)NCC(=O)N1CCC[C@H]1C(=O)N[C@@H](C)C(=O)N[C@@H](CC(N)=O)C(=O)NCC=O. The van der Waals surface area contributed by atoms with Crippen LogP contribution in [0.25, 0.3) is 0 Å². The first-order valence-electron chi connectivity index (χ1n) is 20.0. The number of unbranched alkanes of at least 4 members (excludes halogenated alkanes) is 10. The number of likely N-dealkylation sites (tertiary alicyclic amines) is 1. The molecule has 0 aromatic carbocycles. The van der Waals surface area contributed by atoms with Gasteiger partial charge in [0.1, 0.15) is 36.5 Å². The van der Waals surface area contributed by atoms with E-state index >= 15 is 0 Å². The third-order valence-corrected chi connectivity index (χ3v) is 9.75. The number of likely N-dealkylation sites (N-methyl/N-ethyl adjacent to an activating group) is 1. The zero-order chi connectivity index (χ0) is 42.0. The maximum atomic E-state index is 13.1. The Morgan fingerprint density at radius 1 is 0.804 bits per heavy atom. The zero-order valence-electron chi connectivity index (χ0n) is 33.7. The molecule has 0 radical (unpaired) electrons. The molecule has 0 spiro atoms. The summed E-state index contributed by atoms with van der Waals surface area (Å²) in [5.74, 6) is -5.29. The largest absolute Gasteiger partial charge is 0.396 e. The molecule has 1 aliphatic rings. The molecular formula is C38H66N8O10.